The number of hydrogen-bond donors (Lipinski definition) is 2. The monoisotopic (exact) mass is 361 g/mol. The quantitative estimate of drug-likeness (QED) is 0.812. The summed E-state index contributed by atoms with van der Waals surface area (Å²) in [6.07, 6.45) is 2.32. The number of nitrogens with one attached hydrogen (secondary N) is 2. The van der Waals surface area contributed by atoms with Crippen LogP contribution < -0.4 is 10.9 Å². The van der Waals surface area contributed by atoms with Gasteiger partial charge >= 0.3 is 0 Å². The predicted octanol–water partition coefficient (Wildman–Crippen LogP) is 2.53. The molecule has 0 radical (unpaired) electrons. The minimum Gasteiger partial charge on any atom is -0.341 e. The highest BCUT2D eigenvalue weighted by atomic mass is 19.1. The molecular formula is C20H28FN3O2. The van der Waals surface area contributed by atoms with Crippen LogP contribution in [0.2, 0.25) is 0 Å². The molecule has 2 N–H and O–H groups in total. The van der Waals surface area contributed by atoms with Gasteiger partial charge in [-0.1, -0.05) is 20.8 Å². The summed E-state index contributed by atoms with van der Waals surface area (Å²) in [7, 11) is 0. The molecule has 142 valence electrons. The van der Waals surface area contributed by atoms with Crippen LogP contribution in [-0.4, -0.2) is 41.8 Å². The van der Waals surface area contributed by atoms with E-state index in [9.17, 15) is 14.0 Å². The van der Waals surface area contributed by atoms with E-state index in [4.69, 9.17) is 0 Å². The Morgan fingerprint density at radius 3 is 2.46 bits per heavy atom. The van der Waals surface area contributed by atoms with E-state index in [2.05, 4.69) is 31.6 Å². The van der Waals surface area contributed by atoms with Gasteiger partial charge in [0.05, 0.1) is 0 Å². The number of carbonyl (C=O) groups is 2. The molecule has 1 aromatic rings. The lowest BCUT2D eigenvalue weighted by atomic mass is 9.84. The zero-order chi connectivity index (χ0) is 18.9. The van der Waals surface area contributed by atoms with Gasteiger partial charge in [0.25, 0.3) is 0 Å². The Morgan fingerprint density at radius 2 is 1.85 bits per heavy atom. The molecule has 0 spiro atoms. The summed E-state index contributed by atoms with van der Waals surface area (Å²) in [4.78, 5) is 27.4. The van der Waals surface area contributed by atoms with E-state index < -0.39 is 0 Å². The Hall–Kier alpha value is -1.79. The molecule has 0 saturated carbocycles. The van der Waals surface area contributed by atoms with Crippen molar-refractivity contribution in [2.75, 3.05) is 13.1 Å². The number of Topliss-reactive ketones (excluding diaryl/α,β-unsaturated/α-hetero) is 1. The second kappa shape index (κ2) is 7.45. The average molecular weight is 361 g/mol. The molecule has 3 rings (SSSR count). The summed E-state index contributed by atoms with van der Waals surface area (Å²) in [5, 5.41) is 0. The molecule has 2 unspecified atom stereocenters. The number of rotatable bonds is 3. The van der Waals surface area contributed by atoms with Crippen LogP contribution in [0.4, 0.5) is 4.39 Å². The lowest BCUT2D eigenvalue weighted by Crippen LogP contribution is -2.50. The highest BCUT2D eigenvalue weighted by Crippen LogP contribution is 2.27. The Labute approximate surface area is 154 Å². The number of hydrazine groups is 1. The molecule has 2 aliphatic heterocycles. The van der Waals surface area contributed by atoms with E-state index in [0.717, 1.165) is 19.3 Å². The van der Waals surface area contributed by atoms with Gasteiger partial charge in [-0.05, 0) is 48.9 Å². The van der Waals surface area contributed by atoms with Crippen LogP contribution in [0.25, 0.3) is 0 Å². The first-order valence-electron chi connectivity index (χ1n) is 9.35. The molecule has 0 aliphatic carbocycles. The standard InChI is InChI=1S/C20H28FN3O2/c1-20(2,3)17-11-16(22-23-17)19(26)24-10-4-5-14(12-24)18(25)13-6-8-15(21)9-7-13/h6-9,14,16-17,22-23H,4-5,10-12H2,1-3H3/t14-,16?,17?/m0/s1. The van der Waals surface area contributed by atoms with Crippen LogP contribution >= 0.6 is 0 Å². The van der Waals surface area contributed by atoms with E-state index in [1.54, 1.807) is 4.90 Å². The number of carbonyl (C=O) groups excluding carboxylic acids is 2. The van der Waals surface area contributed by atoms with Gasteiger partial charge in [0.2, 0.25) is 5.91 Å². The fraction of sp³-hybridized carbons (Fsp3) is 0.600. The zero-order valence-electron chi connectivity index (χ0n) is 15.7. The van der Waals surface area contributed by atoms with Crippen molar-refractivity contribution in [1.29, 1.82) is 0 Å². The molecule has 2 saturated heterocycles. The van der Waals surface area contributed by atoms with Crippen molar-refractivity contribution in [2.24, 2.45) is 11.3 Å². The fourth-order valence-corrected chi connectivity index (χ4v) is 3.75. The summed E-state index contributed by atoms with van der Waals surface area (Å²) in [6.45, 7) is 7.57. The molecule has 1 aromatic carbocycles. The van der Waals surface area contributed by atoms with Crippen LogP contribution in [0, 0.1) is 17.2 Å². The van der Waals surface area contributed by atoms with Crippen molar-refractivity contribution in [3.63, 3.8) is 0 Å². The number of amides is 1. The molecule has 0 bridgehead atoms. The molecule has 5 nitrogen and oxygen atoms in total. The van der Waals surface area contributed by atoms with Crippen molar-refractivity contribution in [1.82, 2.24) is 15.8 Å². The van der Waals surface area contributed by atoms with Crippen LogP contribution in [0.1, 0.15) is 50.4 Å². The minimum atomic E-state index is -0.352. The van der Waals surface area contributed by atoms with Gasteiger partial charge in [-0.25, -0.2) is 9.82 Å². The first-order valence-corrected chi connectivity index (χ1v) is 9.35. The number of hydrogen-bond acceptors (Lipinski definition) is 4. The summed E-state index contributed by atoms with van der Waals surface area (Å²) < 4.78 is 13.1. The topological polar surface area (TPSA) is 61.4 Å². The largest absolute Gasteiger partial charge is 0.341 e. The number of ketones is 1. The number of piperidine rings is 1. The first kappa shape index (κ1) is 19.0. The highest BCUT2D eigenvalue weighted by molar-refractivity contribution is 5.98. The molecule has 0 aromatic heterocycles. The zero-order valence-corrected chi connectivity index (χ0v) is 15.7. The van der Waals surface area contributed by atoms with Gasteiger partial charge < -0.3 is 4.90 Å². The van der Waals surface area contributed by atoms with E-state index in [0.29, 0.717) is 18.7 Å². The van der Waals surface area contributed by atoms with Crippen molar-refractivity contribution >= 4 is 11.7 Å². The van der Waals surface area contributed by atoms with Gasteiger partial charge in [0, 0.05) is 30.6 Å². The molecule has 2 aliphatic rings. The van der Waals surface area contributed by atoms with Crippen molar-refractivity contribution in [2.45, 2.75) is 52.1 Å². The van der Waals surface area contributed by atoms with Gasteiger partial charge in [-0.3, -0.25) is 15.0 Å². The van der Waals surface area contributed by atoms with Crippen molar-refractivity contribution in [3.8, 4) is 0 Å². The normalized spacial score (nSPS) is 26.8. The van der Waals surface area contributed by atoms with Crippen LogP contribution in [0.3, 0.4) is 0 Å². The molecule has 2 fully saturated rings. The Balaban J connectivity index is 1.62. The molecular weight excluding hydrogens is 333 g/mol. The van der Waals surface area contributed by atoms with Gasteiger partial charge in [-0.15, -0.1) is 0 Å². The maximum absolute atomic E-state index is 13.1. The smallest absolute Gasteiger partial charge is 0.241 e. The van der Waals surface area contributed by atoms with Crippen molar-refractivity contribution < 1.29 is 14.0 Å². The summed E-state index contributed by atoms with van der Waals surface area (Å²) in [6, 6.07) is 5.64. The number of nitrogens with zero attached hydrogens (tertiary/aromatic N) is 1. The average Bonchev–Trinajstić information content (AvgIpc) is 3.12. The van der Waals surface area contributed by atoms with E-state index in [1.807, 2.05) is 0 Å². The summed E-state index contributed by atoms with van der Waals surface area (Å²) >= 11 is 0. The Morgan fingerprint density at radius 1 is 1.15 bits per heavy atom. The summed E-state index contributed by atoms with van der Waals surface area (Å²) in [5.41, 5.74) is 6.94. The predicted molar refractivity (Wildman–Crippen MR) is 98.0 cm³/mol. The molecule has 2 heterocycles. The molecule has 26 heavy (non-hydrogen) atoms. The Kier molecular flexibility index (Phi) is 5.44. The number of benzene rings is 1. The lowest BCUT2D eigenvalue weighted by Gasteiger charge is -2.33. The SMILES string of the molecule is CC(C)(C)C1CC(C(=O)N2CCC[C@H](C(=O)c3ccc(F)cc3)C2)NN1. The van der Waals surface area contributed by atoms with Crippen LogP contribution in [0.15, 0.2) is 24.3 Å². The second-order valence-electron chi connectivity index (χ2n) is 8.49. The maximum Gasteiger partial charge on any atom is 0.241 e. The molecule has 6 heteroatoms. The second-order valence-corrected chi connectivity index (χ2v) is 8.49. The first-order chi connectivity index (χ1) is 12.3. The fourth-order valence-electron chi connectivity index (χ4n) is 3.75. The third kappa shape index (κ3) is 4.13. The van der Waals surface area contributed by atoms with Crippen LogP contribution in [-0.2, 0) is 4.79 Å². The van der Waals surface area contributed by atoms with E-state index >= 15 is 0 Å². The Bertz CT molecular complexity index is 669. The maximum atomic E-state index is 13.1. The minimum absolute atomic E-state index is 0.00688. The van der Waals surface area contributed by atoms with Gasteiger partial charge in [0.1, 0.15) is 11.9 Å². The summed E-state index contributed by atoms with van der Waals surface area (Å²) in [5.74, 6) is -0.519. The van der Waals surface area contributed by atoms with E-state index in [1.165, 1.54) is 24.3 Å². The lowest BCUT2D eigenvalue weighted by molar-refractivity contribution is -0.134. The van der Waals surface area contributed by atoms with Gasteiger partial charge in [-0.2, -0.15) is 0 Å². The van der Waals surface area contributed by atoms with Gasteiger partial charge in [0.15, 0.2) is 5.78 Å². The van der Waals surface area contributed by atoms with Crippen LogP contribution in [0.5, 0.6) is 0 Å². The molecule has 3 atom stereocenters. The number of likely N-dealkylation sites (tertiary alicyclic amines) is 1. The third-order valence-corrected chi connectivity index (χ3v) is 5.48. The third-order valence-electron chi connectivity index (χ3n) is 5.48. The highest BCUT2D eigenvalue weighted by Gasteiger charge is 2.39. The van der Waals surface area contributed by atoms with E-state index in [-0.39, 0.29) is 40.9 Å². The molecule has 1 amide bonds. The van der Waals surface area contributed by atoms with Crippen molar-refractivity contribution in [3.05, 3.63) is 35.6 Å². The number of halogens is 1.